The molecule has 1 aliphatic rings. The van der Waals surface area contributed by atoms with Gasteiger partial charge in [0.1, 0.15) is 11.6 Å². The van der Waals surface area contributed by atoms with Gasteiger partial charge >= 0.3 is 0 Å². The van der Waals surface area contributed by atoms with Crippen molar-refractivity contribution in [2.75, 3.05) is 17.6 Å². The Balaban J connectivity index is 1.58. The number of benzene rings is 1. The third-order valence-corrected chi connectivity index (χ3v) is 5.23. The lowest BCUT2D eigenvalue weighted by Gasteiger charge is -2.10. The highest BCUT2D eigenvalue weighted by atomic mass is 16.2. The van der Waals surface area contributed by atoms with Crippen molar-refractivity contribution in [3.63, 3.8) is 0 Å². The average Bonchev–Trinajstić information content (AvgIpc) is 3.49. The molecule has 0 unspecified atom stereocenters. The van der Waals surface area contributed by atoms with E-state index < -0.39 is 0 Å². The lowest BCUT2D eigenvalue weighted by atomic mass is 10.0. The molecule has 1 aromatic carbocycles. The number of rotatable bonds is 5. The van der Waals surface area contributed by atoms with E-state index in [4.69, 9.17) is 5.73 Å². The maximum absolute atomic E-state index is 12.5. The largest absolute Gasteiger partial charge is 0.383 e. The van der Waals surface area contributed by atoms with Gasteiger partial charge in [-0.15, -0.1) is 0 Å². The molecule has 0 radical (unpaired) electrons. The van der Waals surface area contributed by atoms with E-state index in [2.05, 4.69) is 20.6 Å². The fourth-order valence-corrected chi connectivity index (χ4v) is 3.54. The Kier molecular flexibility index (Phi) is 4.88. The van der Waals surface area contributed by atoms with E-state index in [9.17, 15) is 9.59 Å². The molecule has 2 atom stereocenters. The predicted octanol–water partition coefficient (Wildman–Crippen LogP) is 2.90. The number of amides is 2. The second kappa shape index (κ2) is 7.50. The minimum atomic E-state index is -0.302. The number of carbonyl (C=O) groups is 2. The Morgan fingerprint density at radius 3 is 2.69 bits per heavy atom. The number of pyridine rings is 2. The van der Waals surface area contributed by atoms with Gasteiger partial charge in [-0.2, -0.15) is 0 Å². The van der Waals surface area contributed by atoms with Crippen LogP contribution < -0.4 is 16.4 Å². The molecule has 148 valence electrons. The molecule has 0 saturated heterocycles. The number of nitrogens with two attached hydrogens (primary N) is 1. The molecular formula is C22H23N5O2. The normalized spacial score (nSPS) is 17.7. The molecule has 4 N–H and O–H groups in total. The summed E-state index contributed by atoms with van der Waals surface area (Å²) >= 11 is 0. The number of nitrogen functional groups attached to an aromatic ring is 1. The maximum Gasteiger partial charge on any atom is 0.229 e. The lowest BCUT2D eigenvalue weighted by molar-refractivity contribution is -0.125. The van der Waals surface area contributed by atoms with Crippen LogP contribution in [0.3, 0.4) is 0 Å². The Hall–Kier alpha value is -3.48. The summed E-state index contributed by atoms with van der Waals surface area (Å²) in [5, 5.41) is 7.15. The van der Waals surface area contributed by atoms with E-state index in [-0.39, 0.29) is 23.7 Å². The zero-order chi connectivity index (χ0) is 20.5. The fraction of sp³-hybridized carbons (Fsp3) is 0.273. The number of anilines is 2. The van der Waals surface area contributed by atoms with Crippen molar-refractivity contribution in [2.24, 2.45) is 11.8 Å². The molecule has 2 aromatic heterocycles. The van der Waals surface area contributed by atoms with Gasteiger partial charge in [-0.25, -0.2) is 9.97 Å². The van der Waals surface area contributed by atoms with Crippen LogP contribution in [0, 0.1) is 18.8 Å². The van der Waals surface area contributed by atoms with Crippen LogP contribution in [-0.2, 0) is 9.59 Å². The zero-order valence-electron chi connectivity index (χ0n) is 16.4. The van der Waals surface area contributed by atoms with Gasteiger partial charge in [0, 0.05) is 23.7 Å². The molecule has 7 nitrogen and oxygen atoms in total. The van der Waals surface area contributed by atoms with Crippen molar-refractivity contribution in [2.45, 2.75) is 20.3 Å². The van der Waals surface area contributed by atoms with E-state index in [1.54, 1.807) is 12.3 Å². The highest BCUT2D eigenvalue weighted by molar-refractivity contribution is 6.01. The Morgan fingerprint density at radius 2 is 1.93 bits per heavy atom. The summed E-state index contributed by atoms with van der Waals surface area (Å²) in [4.78, 5) is 33.1. The second-order valence-electron chi connectivity index (χ2n) is 7.33. The molecular weight excluding hydrogens is 366 g/mol. The molecule has 2 heterocycles. The van der Waals surface area contributed by atoms with Crippen LogP contribution in [0.25, 0.3) is 22.0 Å². The fourth-order valence-electron chi connectivity index (χ4n) is 3.54. The minimum Gasteiger partial charge on any atom is -0.383 e. The molecule has 0 aliphatic heterocycles. The van der Waals surface area contributed by atoms with Crippen LogP contribution in [0.4, 0.5) is 11.6 Å². The first-order valence-electron chi connectivity index (χ1n) is 9.68. The Labute approximate surface area is 168 Å². The number of aryl methyl sites for hydroxylation is 1. The first-order valence-corrected chi connectivity index (χ1v) is 9.68. The SMILES string of the molecule is CCNC(=O)[C@H]1C[C@H]1C(=O)Nc1cc2cc(-c3ccccc3C)nc(N)c2cn1. The summed E-state index contributed by atoms with van der Waals surface area (Å²) in [6, 6.07) is 11.7. The first-order chi connectivity index (χ1) is 14.0. The van der Waals surface area contributed by atoms with Crippen LogP contribution in [-0.4, -0.2) is 28.3 Å². The Bertz CT molecular complexity index is 1110. The molecule has 0 spiro atoms. The summed E-state index contributed by atoms with van der Waals surface area (Å²) < 4.78 is 0. The summed E-state index contributed by atoms with van der Waals surface area (Å²) in [5.74, 6) is 0.0251. The van der Waals surface area contributed by atoms with Crippen molar-refractivity contribution < 1.29 is 9.59 Å². The van der Waals surface area contributed by atoms with E-state index >= 15 is 0 Å². The van der Waals surface area contributed by atoms with Gasteiger partial charge in [0.25, 0.3) is 0 Å². The van der Waals surface area contributed by atoms with Crippen LogP contribution in [0.15, 0.2) is 42.6 Å². The van der Waals surface area contributed by atoms with Gasteiger partial charge in [-0.3, -0.25) is 9.59 Å². The number of nitrogens with one attached hydrogen (secondary N) is 2. The first kappa shape index (κ1) is 18.9. The molecule has 1 fully saturated rings. The van der Waals surface area contributed by atoms with Crippen molar-refractivity contribution in [1.82, 2.24) is 15.3 Å². The summed E-state index contributed by atoms with van der Waals surface area (Å²) in [7, 11) is 0. The van der Waals surface area contributed by atoms with Crippen LogP contribution in [0.5, 0.6) is 0 Å². The molecule has 4 rings (SSSR count). The highest BCUT2D eigenvalue weighted by Crippen LogP contribution is 2.39. The van der Waals surface area contributed by atoms with Gasteiger partial charge in [-0.05, 0) is 43.4 Å². The molecule has 1 saturated carbocycles. The molecule has 29 heavy (non-hydrogen) atoms. The van der Waals surface area contributed by atoms with Gasteiger partial charge in [0.2, 0.25) is 11.8 Å². The number of nitrogens with zero attached hydrogens (tertiary/aromatic N) is 2. The zero-order valence-corrected chi connectivity index (χ0v) is 16.4. The van der Waals surface area contributed by atoms with Crippen molar-refractivity contribution >= 4 is 34.2 Å². The van der Waals surface area contributed by atoms with Crippen LogP contribution >= 0.6 is 0 Å². The van der Waals surface area contributed by atoms with E-state index in [1.165, 1.54) is 0 Å². The number of fused-ring (bicyclic) bond motifs is 1. The number of hydrogen-bond acceptors (Lipinski definition) is 5. The molecule has 7 heteroatoms. The summed E-state index contributed by atoms with van der Waals surface area (Å²) in [6.45, 7) is 4.45. The third-order valence-electron chi connectivity index (χ3n) is 5.23. The number of hydrogen-bond donors (Lipinski definition) is 3. The highest BCUT2D eigenvalue weighted by Gasteiger charge is 2.47. The van der Waals surface area contributed by atoms with Gasteiger partial charge in [-0.1, -0.05) is 24.3 Å². The third kappa shape index (κ3) is 3.76. The molecule has 2 amide bonds. The van der Waals surface area contributed by atoms with Gasteiger partial charge in [0.05, 0.1) is 17.5 Å². The summed E-state index contributed by atoms with van der Waals surface area (Å²) in [6.07, 6.45) is 2.18. The Morgan fingerprint density at radius 1 is 1.17 bits per heavy atom. The average molecular weight is 389 g/mol. The monoisotopic (exact) mass is 389 g/mol. The predicted molar refractivity (Wildman–Crippen MR) is 113 cm³/mol. The van der Waals surface area contributed by atoms with Crippen molar-refractivity contribution in [3.05, 3.63) is 48.2 Å². The molecule has 1 aliphatic carbocycles. The molecule has 0 bridgehead atoms. The standard InChI is InChI=1S/C22H23N5O2/c1-3-24-21(28)15-10-16(15)22(29)27-19-9-13-8-18(14-7-5-4-6-12(14)2)26-20(23)17(13)11-25-19/h4-9,11,15-16H,3,10H2,1-2H3,(H2,23,26)(H,24,28)(H,25,27,29)/t15-,16+/m0/s1. The van der Waals surface area contributed by atoms with Gasteiger partial charge in [0.15, 0.2) is 0 Å². The van der Waals surface area contributed by atoms with Crippen LogP contribution in [0.2, 0.25) is 0 Å². The van der Waals surface area contributed by atoms with E-state index in [0.29, 0.717) is 24.6 Å². The van der Waals surface area contributed by atoms with E-state index in [0.717, 1.165) is 27.6 Å². The van der Waals surface area contributed by atoms with Crippen molar-refractivity contribution in [1.29, 1.82) is 0 Å². The second-order valence-corrected chi connectivity index (χ2v) is 7.33. The maximum atomic E-state index is 12.5. The van der Waals surface area contributed by atoms with E-state index in [1.807, 2.05) is 44.2 Å². The number of carbonyl (C=O) groups excluding carboxylic acids is 2. The quantitative estimate of drug-likeness (QED) is 0.621. The minimum absolute atomic E-state index is 0.0687. The smallest absolute Gasteiger partial charge is 0.229 e. The number of aromatic nitrogens is 2. The topological polar surface area (TPSA) is 110 Å². The van der Waals surface area contributed by atoms with Crippen LogP contribution in [0.1, 0.15) is 18.9 Å². The lowest BCUT2D eigenvalue weighted by Crippen LogP contribution is -2.27. The molecule has 3 aromatic rings. The van der Waals surface area contributed by atoms with Crippen molar-refractivity contribution in [3.8, 4) is 11.3 Å². The van der Waals surface area contributed by atoms with Gasteiger partial charge < -0.3 is 16.4 Å². The summed E-state index contributed by atoms with van der Waals surface area (Å²) in [5.41, 5.74) is 9.03.